The molecule has 0 aromatic heterocycles. The second kappa shape index (κ2) is 8.86. The number of nitrogens with zero attached hydrogens (tertiary/aromatic N) is 1. The van der Waals surface area contributed by atoms with Crippen LogP contribution in [0.15, 0.2) is 53.4 Å². The van der Waals surface area contributed by atoms with Gasteiger partial charge in [-0.1, -0.05) is 22.7 Å². The van der Waals surface area contributed by atoms with E-state index in [0.717, 1.165) is 0 Å². The number of anilines is 1. The van der Waals surface area contributed by atoms with Crippen LogP contribution in [0, 0.1) is 5.82 Å². The molecule has 3 N–H and O–H groups in total. The smallest absolute Gasteiger partial charge is 0.269 e. The van der Waals surface area contributed by atoms with E-state index < -0.39 is 21.7 Å². The number of sulfonamides is 1. The molecule has 2 aromatic rings. The number of hydrogen-bond donors (Lipinski definition) is 3. The van der Waals surface area contributed by atoms with Crippen LogP contribution < -0.4 is 16.2 Å². The van der Waals surface area contributed by atoms with Crippen LogP contribution in [-0.2, 0) is 14.9 Å². The molecular formula is C16H17FN4O4S2. The highest BCUT2D eigenvalue weighted by Crippen LogP contribution is 2.16. The van der Waals surface area contributed by atoms with Crippen molar-refractivity contribution < 1.29 is 22.4 Å². The highest BCUT2D eigenvalue weighted by atomic mass is 32.2. The van der Waals surface area contributed by atoms with Crippen molar-refractivity contribution in [3.8, 4) is 0 Å². The predicted molar refractivity (Wildman–Crippen MR) is 102 cm³/mol. The molecule has 1 amide bonds. The number of hydrogen-bond acceptors (Lipinski definition) is 5. The first-order valence-corrected chi connectivity index (χ1v) is 9.35. The van der Waals surface area contributed by atoms with E-state index in [0.29, 0.717) is 4.47 Å². The van der Waals surface area contributed by atoms with Crippen molar-refractivity contribution in [2.45, 2.75) is 4.90 Å². The van der Waals surface area contributed by atoms with Crippen LogP contribution in [0.4, 0.5) is 10.1 Å². The maximum Gasteiger partial charge on any atom is 0.269 e. The lowest BCUT2D eigenvalue weighted by Gasteiger charge is -2.15. The molecule has 2 rings (SSSR count). The highest BCUT2D eigenvalue weighted by molar-refractivity contribution is 7.89. The fraction of sp³-hybridized carbons (Fsp3) is 0.125. The van der Waals surface area contributed by atoms with Crippen LogP contribution >= 0.6 is 12.2 Å². The van der Waals surface area contributed by atoms with E-state index in [4.69, 9.17) is 17.1 Å². The van der Waals surface area contributed by atoms with E-state index in [9.17, 15) is 17.6 Å². The lowest BCUT2D eigenvalue weighted by molar-refractivity contribution is -0.0258. The van der Waals surface area contributed by atoms with E-state index in [-0.39, 0.29) is 21.3 Å². The van der Waals surface area contributed by atoms with Crippen molar-refractivity contribution in [1.29, 1.82) is 0 Å². The first kappa shape index (κ1) is 20.7. The van der Waals surface area contributed by atoms with E-state index in [1.807, 2.05) is 0 Å². The number of nitrogens with one attached hydrogen (secondary N) is 3. The molecule has 0 aliphatic rings. The Morgan fingerprint density at radius 3 is 2.52 bits per heavy atom. The monoisotopic (exact) mass is 412 g/mol. The molecule has 0 unspecified atom stereocenters. The zero-order chi connectivity index (χ0) is 20.0. The van der Waals surface area contributed by atoms with Crippen molar-refractivity contribution in [2.75, 3.05) is 19.5 Å². The quantitative estimate of drug-likeness (QED) is 0.507. The Balaban J connectivity index is 2.03. The van der Waals surface area contributed by atoms with E-state index in [1.54, 1.807) is 6.07 Å². The normalized spacial score (nSPS) is 11.1. The molecule has 0 spiro atoms. The van der Waals surface area contributed by atoms with E-state index in [2.05, 4.69) is 16.2 Å². The summed E-state index contributed by atoms with van der Waals surface area (Å²) >= 11 is 4.98. The molecule has 0 bridgehead atoms. The molecule has 0 radical (unpaired) electrons. The zero-order valence-corrected chi connectivity index (χ0v) is 16.0. The Morgan fingerprint density at radius 2 is 1.85 bits per heavy atom. The SMILES string of the molecule is CON(C)S(=O)(=O)c1cccc(C(=O)NNC(=S)Nc2ccccc2F)c1. The molecule has 0 heterocycles. The van der Waals surface area contributed by atoms with Crippen LogP contribution in [-0.4, -0.2) is 38.1 Å². The number of carbonyl (C=O) groups excluding carboxylic acids is 1. The van der Waals surface area contributed by atoms with E-state index in [1.165, 1.54) is 56.6 Å². The largest absolute Gasteiger partial charge is 0.329 e. The average Bonchev–Trinajstić information content (AvgIpc) is 2.67. The first-order chi connectivity index (χ1) is 12.8. The molecule has 0 saturated heterocycles. The lowest BCUT2D eigenvalue weighted by atomic mass is 10.2. The molecule has 0 aliphatic carbocycles. The fourth-order valence-electron chi connectivity index (χ4n) is 1.95. The summed E-state index contributed by atoms with van der Waals surface area (Å²) in [6.45, 7) is 0. The van der Waals surface area contributed by atoms with Gasteiger partial charge in [-0.05, 0) is 42.5 Å². The molecule has 8 nitrogen and oxygen atoms in total. The maximum absolute atomic E-state index is 13.6. The van der Waals surface area contributed by atoms with Gasteiger partial charge in [0, 0.05) is 12.6 Å². The van der Waals surface area contributed by atoms with Gasteiger partial charge in [-0.15, -0.1) is 0 Å². The number of carbonyl (C=O) groups is 1. The third kappa shape index (κ3) is 5.20. The maximum atomic E-state index is 13.6. The predicted octanol–water partition coefficient (Wildman–Crippen LogP) is 1.64. The Morgan fingerprint density at radius 1 is 1.15 bits per heavy atom. The van der Waals surface area contributed by atoms with Gasteiger partial charge in [-0.3, -0.25) is 20.5 Å². The van der Waals surface area contributed by atoms with Gasteiger partial charge in [0.25, 0.3) is 15.9 Å². The summed E-state index contributed by atoms with van der Waals surface area (Å²) in [6.07, 6.45) is 0. The number of hydroxylamine groups is 1. The molecular weight excluding hydrogens is 395 g/mol. The van der Waals surface area contributed by atoms with Crippen LogP contribution in [0.5, 0.6) is 0 Å². The van der Waals surface area contributed by atoms with Crippen LogP contribution in [0.1, 0.15) is 10.4 Å². The minimum atomic E-state index is -3.89. The van der Waals surface area contributed by atoms with Gasteiger partial charge in [-0.2, -0.15) is 0 Å². The van der Waals surface area contributed by atoms with Gasteiger partial charge in [0.15, 0.2) is 5.11 Å². The first-order valence-electron chi connectivity index (χ1n) is 7.50. The zero-order valence-electron chi connectivity index (χ0n) is 14.4. The molecule has 11 heteroatoms. The minimum Gasteiger partial charge on any atom is -0.329 e. The summed E-state index contributed by atoms with van der Waals surface area (Å²) in [5, 5.41) is 2.54. The number of benzene rings is 2. The number of rotatable bonds is 5. The second-order valence-electron chi connectivity index (χ2n) is 5.14. The third-order valence-corrected chi connectivity index (χ3v) is 5.28. The van der Waals surface area contributed by atoms with Gasteiger partial charge >= 0.3 is 0 Å². The average molecular weight is 412 g/mol. The van der Waals surface area contributed by atoms with Crippen LogP contribution in [0.2, 0.25) is 0 Å². The second-order valence-corrected chi connectivity index (χ2v) is 7.48. The van der Waals surface area contributed by atoms with Gasteiger partial charge in [-0.25, -0.2) is 12.8 Å². The number of amides is 1. The Hall–Kier alpha value is -2.60. The summed E-state index contributed by atoms with van der Waals surface area (Å²) in [5.74, 6) is -1.14. The van der Waals surface area contributed by atoms with Crippen LogP contribution in [0.25, 0.3) is 0 Å². The van der Waals surface area contributed by atoms with Crippen molar-refractivity contribution >= 4 is 38.9 Å². The molecule has 0 fully saturated rings. The molecule has 0 aliphatic heterocycles. The molecule has 0 atom stereocenters. The minimum absolute atomic E-state index is 0.0451. The van der Waals surface area contributed by atoms with Crippen LogP contribution in [0.3, 0.4) is 0 Å². The summed E-state index contributed by atoms with van der Waals surface area (Å²) in [5.41, 5.74) is 4.93. The number of hydrazine groups is 1. The summed E-state index contributed by atoms with van der Waals surface area (Å²) in [6, 6.07) is 11.3. The molecule has 144 valence electrons. The Bertz CT molecular complexity index is 953. The molecule has 2 aromatic carbocycles. The number of para-hydroxylation sites is 1. The summed E-state index contributed by atoms with van der Waals surface area (Å²) < 4.78 is 38.7. The Labute approximate surface area is 161 Å². The van der Waals surface area contributed by atoms with Gasteiger partial charge in [0.1, 0.15) is 5.82 Å². The van der Waals surface area contributed by atoms with Crippen molar-refractivity contribution in [1.82, 2.24) is 15.3 Å². The number of thiocarbonyl (C=S) groups is 1. The molecule has 27 heavy (non-hydrogen) atoms. The van der Waals surface area contributed by atoms with E-state index >= 15 is 0 Å². The topological polar surface area (TPSA) is 99.8 Å². The third-order valence-electron chi connectivity index (χ3n) is 3.40. The summed E-state index contributed by atoms with van der Waals surface area (Å²) in [4.78, 5) is 16.8. The van der Waals surface area contributed by atoms with Crippen molar-refractivity contribution in [2.24, 2.45) is 0 Å². The van der Waals surface area contributed by atoms with Gasteiger partial charge in [0.2, 0.25) is 0 Å². The number of halogens is 1. The van der Waals surface area contributed by atoms with Crippen molar-refractivity contribution in [3.05, 3.63) is 59.9 Å². The highest BCUT2D eigenvalue weighted by Gasteiger charge is 2.22. The van der Waals surface area contributed by atoms with Gasteiger partial charge < -0.3 is 5.32 Å². The molecule has 0 saturated carbocycles. The van der Waals surface area contributed by atoms with Gasteiger partial charge in [0.05, 0.1) is 17.7 Å². The Kier molecular flexibility index (Phi) is 6.80. The summed E-state index contributed by atoms with van der Waals surface area (Å²) in [7, 11) is -1.45. The lowest BCUT2D eigenvalue weighted by Crippen LogP contribution is -2.43. The van der Waals surface area contributed by atoms with Crippen molar-refractivity contribution in [3.63, 3.8) is 0 Å². The fourth-order valence-corrected chi connectivity index (χ4v) is 3.13. The standard InChI is InChI=1S/C16H17FN4O4S2/c1-21(25-2)27(23,24)12-7-5-6-11(10-12)15(22)19-20-16(26)18-14-9-4-3-8-13(14)17/h3-10H,1-2H3,(H,19,22)(H2,18,20,26).